The Labute approximate surface area is 188 Å². The number of carbonyl (C=O) groups is 5. The summed E-state index contributed by atoms with van der Waals surface area (Å²) in [6.45, 7) is 7.79. The highest BCUT2D eigenvalue weighted by Gasteiger charge is 2.38. The van der Waals surface area contributed by atoms with E-state index >= 15 is 0 Å². The molecule has 4 atom stereocenters. The van der Waals surface area contributed by atoms with Crippen molar-refractivity contribution in [1.29, 1.82) is 0 Å². The normalized spacial score (nSPS) is 18.8. The number of nitrogens with one attached hydrogen (secondary N) is 2. The number of hydrogen-bond acceptors (Lipinski definition) is 6. The largest absolute Gasteiger partial charge is 0.480 e. The van der Waals surface area contributed by atoms with Gasteiger partial charge in [-0.15, -0.1) is 0 Å². The van der Waals surface area contributed by atoms with Gasteiger partial charge in [-0.3, -0.25) is 19.2 Å². The number of rotatable bonds is 12. The quantitative estimate of drug-likeness (QED) is 0.258. The number of primary amides is 1. The molecule has 1 fully saturated rings. The van der Waals surface area contributed by atoms with Crippen LogP contribution in [0, 0.1) is 11.8 Å². The Balaban J connectivity index is 2.92. The maximum Gasteiger partial charge on any atom is 0.326 e. The van der Waals surface area contributed by atoms with Gasteiger partial charge in [0.1, 0.15) is 18.1 Å². The summed E-state index contributed by atoms with van der Waals surface area (Å²) in [6, 6.07) is -3.76. The molecule has 0 aromatic carbocycles. The number of hydrogen-bond donors (Lipinski definition) is 5. The monoisotopic (exact) mass is 455 g/mol. The predicted octanol–water partition coefficient (Wildman–Crippen LogP) is -0.673. The third kappa shape index (κ3) is 8.10. The highest BCUT2D eigenvalue weighted by atomic mass is 16.4. The van der Waals surface area contributed by atoms with Gasteiger partial charge in [-0.2, -0.15) is 0 Å². The number of likely N-dealkylation sites (tertiary alicyclic amines) is 1. The van der Waals surface area contributed by atoms with Crippen molar-refractivity contribution in [2.24, 2.45) is 23.3 Å². The van der Waals surface area contributed by atoms with E-state index in [1.54, 1.807) is 0 Å². The molecule has 0 aromatic rings. The fourth-order valence-corrected chi connectivity index (χ4v) is 3.57. The summed E-state index contributed by atoms with van der Waals surface area (Å²) in [5.74, 6) is -3.49. The van der Waals surface area contributed by atoms with Crippen LogP contribution in [-0.2, 0) is 24.0 Å². The van der Waals surface area contributed by atoms with Gasteiger partial charge in [0, 0.05) is 13.0 Å². The van der Waals surface area contributed by atoms with Crippen LogP contribution in [-0.4, -0.2) is 70.3 Å². The minimum Gasteiger partial charge on any atom is -0.480 e. The van der Waals surface area contributed by atoms with E-state index in [0.717, 1.165) is 0 Å². The molecule has 0 aromatic heterocycles. The molecule has 0 bridgehead atoms. The van der Waals surface area contributed by atoms with Gasteiger partial charge in [0.15, 0.2) is 0 Å². The van der Waals surface area contributed by atoms with E-state index in [9.17, 15) is 29.1 Å². The molecule has 0 aliphatic carbocycles. The van der Waals surface area contributed by atoms with E-state index in [1.807, 2.05) is 27.7 Å². The Bertz CT molecular complexity index is 711. The third-order valence-electron chi connectivity index (χ3n) is 5.48. The summed E-state index contributed by atoms with van der Waals surface area (Å²) in [7, 11) is 0. The summed E-state index contributed by atoms with van der Waals surface area (Å²) in [4.78, 5) is 62.3. The average molecular weight is 456 g/mol. The Morgan fingerprint density at radius 3 is 2.19 bits per heavy atom. The average Bonchev–Trinajstić information content (AvgIpc) is 3.18. The van der Waals surface area contributed by atoms with Crippen LogP contribution in [0.4, 0.5) is 0 Å². The van der Waals surface area contributed by atoms with Gasteiger partial charge >= 0.3 is 5.97 Å². The van der Waals surface area contributed by atoms with Crippen molar-refractivity contribution >= 4 is 29.6 Å². The Morgan fingerprint density at radius 1 is 1.06 bits per heavy atom. The summed E-state index contributed by atoms with van der Waals surface area (Å²) in [5, 5.41) is 14.4. The van der Waals surface area contributed by atoms with Gasteiger partial charge in [-0.05, 0) is 37.5 Å². The van der Waals surface area contributed by atoms with E-state index in [4.69, 9.17) is 11.5 Å². The van der Waals surface area contributed by atoms with Crippen molar-refractivity contribution in [3.8, 4) is 0 Å². The second-order valence-electron chi connectivity index (χ2n) is 9.05. The Morgan fingerprint density at radius 2 is 1.69 bits per heavy atom. The first-order valence-electron chi connectivity index (χ1n) is 11.0. The molecular formula is C21H37N5O6. The Hall–Kier alpha value is -2.69. The second-order valence-corrected chi connectivity index (χ2v) is 9.05. The van der Waals surface area contributed by atoms with Crippen molar-refractivity contribution in [1.82, 2.24) is 15.5 Å². The number of aliphatic carboxylic acids is 1. The maximum atomic E-state index is 13.0. The van der Waals surface area contributed by atoms with Crippen molar-refractivity contribution in [2.45, 2.75) is 84.0 Å². The summed E-state index contributed by atoms with van der Waals surface area (Å²) in [5.41, 5.74) is 11.0. The fourth-order valence-electron chi connectivity index (χ4n) is 3.57. The standard InChI is InChI=1S/C21H37N5O6/c1-11(2)10-14(18(28)24-13(21(31)32)7-8-16(22)27)25-19(29)15-6-5-9-26(15)20(30)17(23)12(3)4/h11-15,17H,5-10,23H2,1-4H3,(H2,22,27)(H,24,28)(H,25,29)(H,31,32). The smallest absolute Gasteiger partial charge is 0.326 e. The Kier molecular flexibility index (Phi) is 10.6. The number of nitrogens with zero attached hydrogens (tertiary/aromatic N) is 1. The van der Waals surface area contributed by atoms with Crippen molar-refractivity contribution < 1.29 is 29.1 Å². The zero-order valence-corrected chi connectivity index (χ0v) is 19.3. The van der Waals surface area contributed by atoms with Crippen LogP contribution in [0.1, 0.15) is 59.8 Å². The molecule has 1 saturated heterocycles. The molecule has 0 spiro atoms. The zero-order chi connectivity index (χ0) is 24.6. The van der Waals surface area contributed by atoms with E-state index in [0.29, 0.717) is 19.4 Å². The lowest BCUT2D eigenvalue weighted by atomic mass is 10.0. The highest BCUT2D eigenvalue weighted by molar-refractivity contribution is 5.94. The molecule has 4 unspecified atom stereocenters. The molecule has 7 N–H and O–H groups in total. The first-order valence-corrected chi connectivity index (χ1v) is 11.0. The van der Waals surface area contributed by atoms with Crippen LogP contribution in [0.5, 0.6) is 0 Å². The molecule has 0 saturated carbocycles. The van der Waals surface area contributed by atoms with Crippen molar-refractivity contribution in [3.63, 3.8) is 0 Å². The van der Waals surface area contributed by atoms with Crippen LogP contribution in [0.15, 0.2) is 0 Å². The van der Waals surface area contributed by atoms with Gasteiger partial charge < -0.3 is 32.1 Å². The van der Waals surface area contributed by atoms with E-state index < -0.39 is 47.9 Å². The molecule has 32 heavy (non-hydrogen) atoms. The summed E-state index contributed by atoms with van der Waals surface area (Å²) in [6.07, 6.45) is 1.01. The number of carboxylic acids is 1. The van der Waals surface area contributed by atoms with Crippen LogP contribution in [0.25, 0.3) is 0 Å². The lowest BCUT2D eigenvalue weighted by molar-refractivity contribution is -0.143. The van der Waals surface area contributed by atoms with Crippen LogP contribution in [0.3, 0.4) is 0 Å². The molecule has 182 valence electrons. The minimum absolute atomic E-state index is 0.0237. The number of carboxylic acid groups (broad SMARTS) is 1. The topological polar surface area (TPSA) is 185 Å². The van der Waals surface area contributed by atoms with Gasteiger partial charge in [0.2, 0.25) is 23.6 Å². The number of nitrogens with two attached hydrogens (primary N) is 2. The molecule has 11 nitrogen and oxygen atoms in total. The van der Waals surface area contributed by atoms with Crippen LogP contribution >= 0.6 is 0 Å². The summed E-state index contributed by atoms with van der Waals surface area (Å²) < 4.78 is 0. The maximum absolute atomic E-state index is 13.0. The first kappa shape index (κ1) is 27.3. The number of amides is 4. The molecular weight excluding hydrogens is 418 g/mol. The predicted molar refractivity (Wildman–Crippen MR) is 117 cm³/mol. The van der Waals surface area contributed by atoms with E-state index in [1.165, 1.54) is 4.90 Å². The van der Waals surface area contributed by atoms with Gasteiger partial charge in [-0.25, -0.2) is 4.79 Å². The molecule has 4 amide bonds. The molecule has 1 heterocycles. The van der Waals surface area contributed by atoms with Crippen LogP contribution < -0.4 is 22.1 Å². The lowest BCUT2D eigenvalue weighted by Crippen LogP contribution is -2.57. The zero-order valence-electron chi connectivity index (χ0n) is 19.3. The SMILES string of the molecule is CC(C)CC(NC(=O)C1CCCN1C(=O)C(N)C(C)C)C(=O)NC(CCC(N)=O)C(=O)O. The molecule has 1 aliphatic heterocycles. The van der Waals surface area contributed by atoms with Crippen molar-refractivity contribution in [2.75, 3.05) is 6.54 Å². The summed E-state index contributed by atoms with van der Waals surface area (Å²) >= 11 is 0. The molecule has 0 radical (unpaired) electrons. The lowest BCUT2D eigenvalue weighted by Gasteiger charge is -2.30. The molecule has 11 heteroatoms. The van der Waals surface area contributed by atoms with Crippen molar-refractivity contribution in [3.05, 3.63) is 0 Å². The second kappa shape index (κ2) is 12.4. The molecule has 1 rings (SSSR count). The van der Waals surface area contributed by atoms with Crippen LogP contribution in [0.2, 0.25) is 0 Å². The first-order chi connectivity index (χ1) is 14.8. The van der Waals surface area contributed by atoms with Gasteiger partial charge in [-0.1, -0.05) is 27.7 Å². The van der Waals surface area contributed by atoms with Gasteiger partial charge in [0.05, 0.1) is 6.04 Å². The number of carbonyl (C=O) groups excluding carboxylic acids is 4. The highest BCUT2D eigenvalue weighted by Crippen LogP contribution is 2.20. The third-order valence-corrected chi connectivity index (χ3v) is 5.48. The molecule has 1 aliphatic rings. The van der Waals surface area contributed by atoms with E-state index in [-0.39, 0.29) is 37.0 Å². The van der Waals surface area contributed by atoms with Gasteiger partial charge in [0.25, 0.3) is 0 Å². The fraction of sp³-hybridized carbons (Fsp3) is 0.762. The minimum atomic E-state index is -1.31. The van der Waals surface area contributed by atoms with E-state index in [2.05, 4.69) is 10.6 Å².